The van der Waals surface area contributed by atoms with Crippen molar-refractivity contribution in [2.45, 2.75) is 32.5 Å². The summed E-state index contributed by atoms with van der Waals surface area (Å²) in [6.45, 7) is 2.50. The molecule has 0 fully saturated rings. The Bertz CT molecular complexity index is 921. The van der Waals surface area contributed by atoms with Crippen LogP contribution in [0.1, 0.15) is 31.2 Å². The first-order chi connectivity index (χ1) is 12.8. The van der Waals surface area contributed by atoms with Crippen LogP contribution in [0.2, 0.25) is 0 Å². The minimum absolute atomic E-state index is 0.0446. The molecule has 0 unspecified atom stereocenters. The zero-order valence-electron chi connectivity index (χ0n) is 14.5. The van der Waals surface area contributed by atoms with E-state index in [-0.39, 0.29) is 18.3 Å². The molecule has 0 bridgehead atoms. The Kier molecular flexibility index (Phi) is 5.04. The number of halogens is 3. The van der Waals surface area contributed by atoms with Gasteiger partial charge in [0, 0.05) is 18.5 Å². The lowest BCUT2D eigenvalue weighted by Crippen LogP contribution is -2.30. The fourth-order valence-electron chi connectivity index (χ4n) is 2.56. The zero-order valence-corrected chi connectivity index (χ0v) is 14.5. The number of hydrogen-bond acceptors (Lipinski definition) is 4. The Morgan fingerprint density at radius 2 is 2.00 bits per heavy atom. The van der Waals surface area contributed by atoms with E-state index in [9.17, 15) is 18.0 Å². The number of terminal acetylenes is 1. The van der Waals surface area contributed by atoms with Crippen LogP contribution in [0.5, 0.6) is 0 Å². The van der Waals surface area contributed by atoms with Crippen molar-refractivity contribution in [2.24, 2.45) is 0 Å². The number of nitrogens with zero attached hydrogens (tertiary/aromatic N) is 3. The number of hydrogen-bond donors (Lipinski definition) is 0. The number of allylic oxidation sites excluding steroid dienone is 1. The summed E-state index contributed by atoms with van der Waals surface area (Å²) in [5.74, 6) is 0.890. The Labute approximate surface area is 153 Å². The second-order valence-electron chi connectivity index (χ2n) is 6.31. The van der Waals surface area contributed by atoms with Gasteiger partial charge in [0.05, 0.1) is 6.54 Å². The molecule has 0 atom stereocenters. The second kappa shape index (κ2) is 7.27. The van der Waals surface area contributed by atoms with Crippen LogP contribution in [0, 0.1) is 12.3 Å². The summed E-state index contributed by atoms with van der Waals surface area (Å²) in [6.07, 6.45) is 1.94. The largest absolute Gasteiger partial charge is 0.471 e. The van der Waals surface area contributed by atoms with Gasteiger partial charge in [0.25, 0.3) is 0 Å². The first kappa shape index (κ1) is 18.7. The molecule has 0 saturated heterocycles. The third kappa shape index (κ3) is 4.56. The van der Waals surface area contributed by atoms with E-state index in [2.05, 4.69) is 20.6 Å². The van der Waals surface area contributed by atoms with E-state index in [0.29, 0.717) is 18.5 Å². The minimum Gasteiger partial charge on any atom is -0.329 e. The summed E-state index contributed by atoms with van der Waals surface area (Å²) in [7, 11) is 0. The third-order valence-electron chi connectivity index (χ3n) is 4.21. The molecule has 1 aliphatic carbocycles. The molecule has 8 heteroatoms. The monoisotopic (exact) mass is 375 g/mol. The standard InChI is InChI=1S/C19H16F3N3O2/c1-3-8-25(16(26)10-15-9-12(15)2)11-13-4-6-14(7-5-13)17-23-18(27-24-17)19(20,21)22/h1,4-7H,8-11H2,2H3. The highest BCUT2D eigenvalue weighted by Crippen LogP contribution is 2.33. The number of rotatable bonds is 6. The van der Waals surface area contributed by atoms with Gasteiger partial charge in [-0.1, -0.05) is 46.5 Å². The fraction of sp³-hybridized carbons (Fsp3) is 0.316. The van der Waals surface area contributed by atoms with Crippen LogP contribution in [0.25, 0.3) is 11.4 Å². The Hall–Kier alpha value is -3.08. The summed E-state index contributed by atoms with van der Waals surface area (Å²) in [5, 5.41) is 3.35. The molecule has 1 heterocycles. The average molecular weight is 375 g/mol. The summed E-state index contributed by atoms with van der Waals surface area (Å²) in [5.41, 5.74) is 3.57. The molecule has 3 rings (SSSR count). The molecule has 27 heavy (non-hydrogen) atoms. The first-order valence-electron chi connectivity index (χ1n) is 8.17. The van der Waals surface area contributed by atoms with Gasteiger partial charge in [0.1, 0.15) is 0 Å². The summed E-state index contributed by atoms with van der Waals surface area (Å²) < 4.78 is 41.8. The predicted molar refractivity (Wildman–Crippen MR) is 90.9 cm³/mol. The van der Waals surface area contributed by atoms with Crippen LogP contribution in [0.15, 0.2) is 39.9 Å². The molecule has 0 saturated carbocycles. The maximum absolute atomic E-state index is 12.5. The van der Waals surface area contributed by atoms with Crippen LogP contribution in [-0.4, -0.2) is 27.5 Å². The van der Waals surface area contributed by atoms with Crippen molar-refractivity contribution in [3.05, 3.63) is 46.9 Å². The van der Waals surface area contributed by atoms with E-state index in [4.69, 9.17) is 6.42 Å². The van der Waals surface area contributed by atoms with Crippen LogP contribution >= 0.6 is 0 Å². The van der Waals surface area contributed by atoms with E-state index in [1.165, 1.54) is 5.57 Å². The van der Waals surface area contributed by atoms with Gasteiger partial charge in [-0.25, -0.2) is 0 Å². The van der Waals surface area contributed by atoms with Crippen molar-refractivity contribution >= 4 is 5.91 Å². The van der Waals surface area contributed by atoms with E-state index < -0.39 is 12.1 Å². The lowest BCUT2D eigenvalue weighted by molar-refractivity contribution is -0.159. The van der Waals surface area contributed by atoms with E-state index in [1.807, 2.05) is 6.92 Å². The van der Waals surface area contributed by atoms with Crippen molar-refractivity contribution in [2.75, 3.05) is 6.54 Å². The lowest BCUT2D eigenvalue weighted by Gasteiger charge is -2.20. The molecule has 0 radical (unpaired) electrons. The molecule has 0 N–H and O–H groups in total. The molecule has 0 aliphatic heterocycles. The van der Waals surface area contributed by atoms with E-state index >= 15 is 0 Å². The molecule has 2 aromatic rings. The van der Waals surface area contributed by atoms with Gasteiger partial charge < -0.3 is 9.42 Å². The van der Waals surface area contributed by atoms with Crippen molar-refractivity contribution in [1.82, 2.24) is 15.0 Å². The smallest absolute Gasteiger partial charge is 0.329 e. The molecule has 1 aliphatic rings. The molecule has 1 amide bonds. The summed E-state index contributed by atoms with van der Waals surface area (Å²) in [4.78, 5) is 17.3. The van der Waals surface area contributed by atoms with Crippen molar-refractivity contribution in [3.8, 4) is 23.7 Å². The van der Waals surface area contributed by atoms with Gasteiger partial charge in [-0.2, -0.15) is 18.2 Å². The summed E-state index contributed by atoms with van der Waals surface area (Å²) >= 11 is 0. The van der Waals surface area contributed by atoms with Crippen LogP contribution in [0.3, 0.4) is 0 Å². The maximum atomic E-state index is 12.5. The van der Waals surface area contributed by atoms with Gasteiger partial charge in [-0.3, -0.25) is 4.79 Å². The number of amides is 1. The lowest BCUT2D eigenvalue weighted by atomic mass is 10.1. The first-order valence-corrected chi connectivity index (χ1v) is 8.17. The zero-order chi connectivity index (χ0) is 19.6. The molecule has 1 aromatic carbocycles. The topological polar surface area (TPSA) is 59.2 Å². The number of alkyl halides is 3. The summed E-state index contributed by atoms with van der Waals surface area (Å²) in [6, 6.07) is 6.54. The Morgan fingerprint density at radius 3 is 2.52 bits per heavy atom. The third-order valence-corrected chi connectivity index (χ3v) is 4.21. The van der Waals surface area contributed by atoms with Gasteiger partial charge in [0.15, 0.2) is 0 Å². The molecular weight excluding hydrogens is 359 g/mol. The van der Waals surface area contributed by atoms with E-state index in [0.717, 1.165) is 17.6 Å². The van der Waals surface area contributed by atoms with Gasteiger partial charge in [-0.15, -0.1) is 6.42 Å². The SMILES string of the molecule is C#CCN(Cc1ccc(-c2noc(C(F)(F)F)n2)cc1)C(=O)CC1=C(C)C1. The average Bonchev–Trinajstić information content (AvgIpc) is 3.10. The van der Waals surface area contributed by atoms with Crippen LogP contribution in [0.4, 0.5) is 13.2 Å². The Balaban J connectivity index is 1.69. The second-order valence-corrected chi connectivity index (χ2v) is 6.31. The molecule has 5 nitrogen and oxygen atoms in total. The van der Waals surface area contributed by atoms with Gasteiger partial charge >= 0.3 is 12.1 Å². The van der Waals surface area contributed by atoms with Crippen LogP contribution < -0.4 is 0 Å². The number of aromatic nitrogens is 2. The normalized spacial score (nSPS) is 13.4. The Morgan fingerprint density at radius 1 is 1.33 bits per heavy atom. The fourth-order valence-corrected chi connectivity index (χ4v) is 2.56. The van der Waals surface area contributed by atoms with Crippen molar-refractivity contribution in [3.63, 3.8) is 0 Å². The van der Waals surface area contributed by atoms with Gasteiger partial charge in [0.2, 0.25) is 11.7 Å². The minimum atomic E-state index is -4.68. The van der Waals surface area contributed by atoms with Crippen molar-refractivity contribution in [1.29, 1.82) is 0 Å². The van der Waals surface area contributed by atoms with Crippen LogP contribution in [-0.2, 0) is 17.5 Å². The highest BCUT2D eigenvalue weighted by Gasteiger charge is 2.38. The highest BCUT2D eigenvalue weighted by molar-refractivity contribution is 5.80. The number of benzene rings is 1. The van der Waals surface area contributed by atoms with Crippen molar-refractivity contribution < 1.29 is 22.5 Å². The quantitative estimate of drug-likeness (QED) is 0.569. The molecular formula is C19H16F3N3O2. The number of carbonyl (C=O) groups is 1. The molecule has 1 aromatic heterocycles. The highest BCUT2D eigenvalue weighted by atomic mass is 19.4. The molecule has 140 valence electrons. The number of carbonyl (C=O) groups excluding carboxylic acids is 1. The van der Waals surface area contributed by atoms with E-state index in [1.54, 1.807) is 29.2 Å². The maximum Gasteiger partial charge on any atom is 0.471 e. The predicted octanol–water partition coefficient (Wildman–Crippen LogP) is 3.83. The molecule has 0 spiro atoms. The van der Waals surface area contributed by atoms with Gasteiger partial charge in [-0.05, 0) is 18.9 Å².